The summed E-state index contributed by atoms with van der Waals surface area (Å²) in [6.07, 6.45) is 4.06. The van der Waals surface area contributed by atoms with Crippen molar-refractivity contribution in [3.05, 3.63) is 46.3 Å². The molecule has 2 heterocycles. The number of hydrogen-bond acceptors (Lipinski definition) is 3. The standard InChI is InChI=1S/C15H13IN2O2/c1-19-13-5-3-10(7-14(13)20-2)12-9-18-8-11(16)4-6-15(18)17-12/h3-9H,1-2H3. The summed E-state index contributed by atoms with van der Waals surface area (Å²) in [4.78, 5) is 4.62. The van der Waals surface area contributed by atoms with Gasteiger partial charge in [0.15, 0.2) is 11.5 Å². The SMILES string of the molecule is COc1ccc(-c2cn3cc(I)ccc3n2)cc1OC. The van der Waals surface area contributed by atoms with E-state index in [1.807, 2.05) is 47.1 Å². The molecule has 3 rings (SSSR count). The molecule has 0 atom stereocenters. The minimum atomic E-state index is 0.705. The first-order valence-electron chi connectivity index (χ1n) is 6.08. The second kappa shape index (κ2) is 5.32. The summed E-state index contributed by atoms with van der Waals surface area (Å²) in [7, 11) is 3.26. The molecular weight excluding hydrogens is 367 g/mol. The van der Waals surface area contributed by atoms with Crippen LogP contribution < -0.4 is 9.47 Å². The summed E-state index contributed by atoms with van der Waals surface area (Å²) in [5, 5.41) is 0. The number of imidazole rings is 1. The van der Waals surface area contributed by atoms with Gasteiger partial charge < -0.3 is 13.9 Å². The van der Waals surface area contributed by atoms with Gasteiger partial charge in [0, 0.05) is 21.5 Å². The van der Waals surface area contributed by atoms with Crippen molar-refractivity contribution in [2.45, 2.75) is 0 Å². The number of hydrogen-bond donors (Lipinski definition) is 0. The van der Waals surface area contributed by atoms with Crippen LogP contribution in [0.1, 0.15) is 0 Å². The summed E-state index contributed by atoms with van der Waals surface area (Å²) in [5.41, 5.74) is 2.84. The number of fused-ring (bicyclic) bond motifs is 1. The Balaban J connectivity index is 2.10. The summed E-state index contributed by atoms with van der Waals surface area (Å²) in [6, 6.07) is 9.86. The van der Waals surface area contributed by atoms with Crippen molar-refractivity contribution in [2.24, 2.45) is 0 Å². The van der Waals surface area contributed by atoms with E-state index < -0.39 is 0 Å². The molecule has 1 aromatic carbocycles. The minimum absolute atomic E-state index is 0.705. The fourth-order valence-electron chi connectivity index (χ4n) is 2.10. The van der Waals surface area contributed by atoms with Crippen LogP contribution in [0, 0.1) is 3.57 Å². The van der Waals surface area contributed by atoms with E-state index in [9.17, 15) is 0 Å². The highest BCUT2D eigenvalue weighted by Crippen LogP contribution is 2.32. The summed E-state index contributed by atoms with van der Waals surface area (Å²) in [6.45, 7) is 0. The number of methoxy groups -OCH3 is 2. The van der Waals surface area contributed by atoms with Gasteiger partial charge in [-0.1, -0.05) is 0 Å². The number of halogens is 1. The van der Waals surface area contributed by atoms with Gasteiger partial charge in [0.2, 0.25) is 0 Å². The number of pyridine rings is 1. The highest BCUT2D eigenvalue weighted by Gasteiger charge is 2.09. The van der Waals surface area contributed by atoms with Crippen molar-refractivity contribution in [1.82, 2.24) is 9.38 Å². The molecule has 0 radical (unpaired) electrons. The van der Waals surface area contributed by atoms with Crippen LogP contribution in [0.25, 0.3) is 16.9 Å². The number of ether oxygens (including phenoxy) is 2. The van der Waals surface area contributed by atoms with Crippen molar-refractivity contribution < 1.29 is 9.47 Å². The molecule has 4 nitrogen and oxygen atoms in total. The van der Waals surface area contributed by atoms with E-state index in [4.69, 9.17) is 9.47 Å². The highest BCUT2D eigenvalue weighted by molar-refractivity contribution is 14.1. The van der Waals surface area contributed by atoms with Crippen LogP contribution in [0.4, 0.5) is 0 Å². The Labute approximate surface area is 130 Å². The number of rotatable bonds is 3. The molecule has 0 bridgehead atoms. The predicted molar refractivity (Wildman–Crippen MR) is 86.4 cm³/mol. The zero-order chi connectivity index (χ0) is 14.1. The van der Waals surface area contributed by atoms with E-state index in [-0.39, 0.29) is 0 Å². The molecule has 5 heteroatoms. The molecule has 0 N–H and O–H groups in total. The van der Waals surface area contributed by atoms with Gasteiger partial charge in [0.1, 0.15) is 5.65 Å². The van der Waals surface area contributed by atoms with Crippen LogP contribution in [-0.4, -0.2) is 23.6 Å². The largest absolute Gasteiger partial charge is 0.493 e. The monoisotopic (exact) mass is 380 g/mol. The maximum absolute atomic E-state index is 5.33. The van der Waals surface area contributed by atoms with Crippen LogP contribution in [-0.2, 0) is 0 Å². The van der Waals surface area contributed by atoms with Crippen molar-refractivity contribution >= 4 is 28.2 Å². The van der Waals surface area contributed by atoms with Crippen LogP contribution >= 0.6 is 22.6 Å². The Bertz CT molecular complexity index is 768. The third kappa shape index (κ3) is 2.33. The van der Waals surface area contributed by atoms with Gasteiger partial charge in [0.05, 0.1) is 19.9 Å². The van der Waals surface area contributed by atoms with Crippen LogP contribution in [0.15, 0.2) is 42.7 Å². The number of benzene rings is 1. The smallest absolute Gasteiger partial charge is 0.161 e. The molecule has 0 saturated heterocycles. The first kappa shape index (κ1) is 13.2. The first-order chi connectivity index (χ1) is 9.71. The average molecular weight is 380 g/mol. The zero-order valence-electron chi connectivity index (χ0n) is 11.1. The van der Waals surface area contributed by atoms with Crippen molar-refractivity contribution in [2.75, 3.05) is 14.2 Å². The van der Waals surface area contributed by atoms with Crippen LogP contribution in [0.5, 0.6) is 11.5 Å². The predicted octanol–water partition coefficient (Wildman–Crippen LogP) is 3.62. The fourth-order valence-corrected chi connectivity index (χ4v) is 2.58. The first-order valence-corrected chi connectivity index (χ1v) is 7.16. The quantitative estimate of drug-likeness (QED) is 0.652. The second-order valence-corrected chi connectivity index (χ2v) is 5.55. The van der Waals surface area contributed by atoms with Gasteiger partial charge >= 0.3 is 0 Å². The van der Waals surface area contributed by atoms with E-state index in [2.05, 4.69) is 27.6 Å². The van der Waals surface area contributed by atoms with E-state index in [1.54, 1.807) is 14.2 Å². The normalized spacial score (nSPS) is 10.8. The summed E-state index contributed by atoms with van der Waals surface area (Å²) in [5.74, 6) is 1.42. The molecule has 0 amide bonds. The van der Waals surface area contributed by atoms with Crippen LogP contribution in [0.3, 0.4) is 0 Å². The molecule has 0 aliphatic heterocycles. The molecule has 0 aliphatic carbocycles. The molecule has 2 aromatic heterocycles. The lowest BCUT2D eigenvalue weighted by molar-refractivity contribution is 0.355. The number of aromatic nitrogens is 2. The lowest BCUT2D eigenvalue weighted by Gasteiger charge is -2.08. The Kier molecular flexibility index (Phi) is 3.52. The van der Waals surface area contributed by atoms with Gasteiger partial charge in [-0.25, -0.2) is 4.98 Å². The molecule has 20 heavy (non-hydrogen) atoms. The Morgan fingerprint density at radius 1 is 1.00 bits per heavy atom. The van der Waals surface area contributed by atoms with Crippen LogP contribution in [0.2, 0.25) is 0 Å². The zero-order valence-corrected chi connectivity index (χ0v) is 13.3. The second-order valence-electron chi connectivity index (χ2n) is 4.31. The van der Waals surface area contributed by atoms with Crippen molar-refractivity contribution in [3.8, 4) is 22.8 Å². The van der Waals surface area contributed by atoms with Gasteiger partial charge in [-0.05, 0) is 52.9 Å². The van der Waals surface area contributed by atoms with Gasteiger partial charge in [-0.2, -0.15) is 0 Å². The third-order valence-electron chi connectivity index (χ3n) is 3.09. The molecule has 0 unspecified atom stereocenters. The summed E-state index contributed by atoms with van der Waals surface area (Å²) >= 11 is 2.29. The Morgan fingerprint density at radius 2 is 1.80 bits per heavy atom. The van der Waals surface area contributed by atoms with E-state index in [1.165, 1.54) is 3.57 Å². The van der Waals surface area contributed by atoms with Gasteiger partial charge in [-0.15, -0.1) is 0 Å². The van der Waals surface area contributed by atoms with Gasteiger partial charge in [-0.3, -0.25) is 0 Å². The average Bonchev–Trinajstić information content (AvgIpc) is 2.89. The fraction of sp³-hybridized carbons (Fsp3) is 0.133. The molecule has 102 valence electrons. The van der Waals surface area contributed by atoms with Crippen molar-refractivity contribution in [1.29, 1.82) is 0 Å². The molecule has 0 saturated carbocycles. The van der Waals surface area contributed by atoms with Crippen molar-refractivity contribution in [3.63, 3.8) is 0 Å². The Morgan fingerprint density at radius 3 is 2.55 bits per heavy atom. The Hall–Kier alpha value is -1.76. The minimum Gasteiger partial charge on any atom is -0.493 e. The summed E-state index contributed by atoms with van der Waals surface area (Å²) < 4.78 is 13.8. The van der Waals surface area contributed by atoms with Gasteiger partial charge in [0.25, 0.3) is 0 Å². The number of nitrogens with zero attached hydrogens (tertiary/aromatic N) is 2. The molecule has 0 spiro atoms. The molecule has 0 fully saturated rings. The molecule has 0 aliphatic rings. The molecular formula is C15H13IN2O2. The maximum Gasteiger partial charge on any atom is 0.161 e. The lowest BCUT2D eigenvalue weighted by atomic mass is 10.1. The molecule has 3 aromatic rings. The topological polar surface area (TPSA) is 35.8 Å². The third-order valence-corrected chi connectivity index (χ3v) is 3.73. The lowest BCUT2D eigenvalue weighted by Crippen LogP contribution is -1.90. The van der Waals surface area contributed by atoms with E-state index in [0.717, 1.165) is 22.7 Å². The van der Waals surface area contributed by atoms with E-state index >= 15 is 0 Å². The maximum atomic E-state index is 5.33. The highest BCUT2D eigenvalue weighted by atomic mass is 127. The van der Waals surface area contributed by atoms with E-state index in [0.29, 0.717) is 5.75 Å².